The Bertz CT molecular complexity index is 149. The van der Waals surface area contributed by atoms with Crippen molar-refractivity contribution in [1.82, 2.24) is 4.90 Å². The molecule has 12 heavy (non-hydrogen) atoms. The first-order valence-electron chi connectivity index (χ1n) is 4.46. The number of aliphatic hydroxyl groups excluding tert-OH is 1. The molecule has 2 saturated heterocycles. The second kappa shape index (κ2) is 3.78. The van der Waals surface area contributed by atoms with Crippen LogP contribution in [0.5, 0.6) is 0 Å². The van der Waals surface area contributed by atoms with E-state index in [4.69, 9.17) is 5.11 Å². The van der Waals surface area contributed by atoms with Crippen molar-refractivity contribution < 1.29 is 5.11 Å². The van der Waals surface area contributed by atoms with E-state index in [0.29, 0.717) is 4.08 Å². The zero-order valence-electron chi connectivity index (χ0n) is 7.16. The average molecular weight is 205 g/mol. The van der Waals surface area contributed by atoms with E-state index in [1.807, 2.05) is 0 Å². The fourth-order valence-corrected chi connectivity index (χ4v) is 5.01. The highest BCUT2D eigenvalue weighted by molar-refractivity contribution is 8.21. The topological polar surface area (TPSA) is 23.5 Å². The lowest BCUT2D eigenvalue weighted by Crippen LogP contribution is -2.39. The normalized spacial score (nSPS) is 29.8. The van der Waals surface area contributed by atoms with E-state index in [-0.39, 0.29) is 6.73 Å². The smallest absolute Gasteiger partial charge is 0.0956 e. The molecule has 0 saturated carbocycles. The monoisotopic (exact) mass is 205 g/mol. The molecule has 1 N–H and O–H groups in total. The van der Waals surface area contributed by atoms with Crippen LogP contribution in [0.1, 0.15) is 12.8 Å². The van der Waals surface area contributed by atoms with Crippen molar-refractivity contribution in [3.8, 4) is 0 Å². The molecule has 2 fully saturated rings. The van der Waals surface area contributed by atoms with Crippen molar-refractivity contribution in [2.45, 2.75) is 16.9 Å². The summed E-state index contributed by atoms with van der Waals surface area (Å²) >= 11 is 4.27. The highest BCUT2D eigenvalue weighted by atomic mass is 32.2. The number of thioether (sulfide) groups is 2. The molecule has 70 valence electrons. The summed E-state index contributed by atoms with van der Waals surface area (Å²) < 4.78 is 0.533. The lowest BCUT2D eigenvalue weighted by molar-refractivity contribution is 0.0886. The summed E-state index contributed by atoms with van der Waals surface area (Å²) in [7, 11) is 0. The Hall–Kier alpha value is 0.620. The second-order valence-electron chi connectivity index (χ2n) is 3.37. The van der Waals surface area contributed by atoms with Crippen molar-refractivity contribution in [2.24, 2.45) is 0 Å². The Labute approximate surface area is 82.1 Å². The van der Waals surface area contributed by atoms with Gasteiger partial charge in [0, 0.05) is 24.6 Å². The molecule has 2 aliphatic heterocycles. The Morgan fingerprint density at radius 3 is 2.25 bits per heavy atom. The van der Waals surface area contributed by atoms with Crippen molar-refractivity contribution >= 4 is 23.5 Å². The summed E-state index contributed by atoms with van der Waals surface area (Å²) in [6.07, 6.45) is 2.51. The van der Waals surface area contributed by atoms with Crippen LogP contribution in [-0.4, -0.2) is 45.4 Å². The maximum atomic E-state index is 8.93. The molecule has 2 nitrogen and oxygen atoms in total. The van der Waals surface area contributed by atoms with E-state index in [1.54, 1.807) is 0 Å². The zero-order chi connectivity index (χ0) is 8.44. The molecule has 2 heterocycles. The molecular weight excluding hydrogens is 190 g/mol. The molecule has 0 unspecified atom stereocenters. The lowest BCUT2D eigenvalue weighted by atomic mass is 10.1. The van der Waals surface area contributed by atoms with Gasteiger partial charge in [0.2, 0.25) is 0 Å². The third-order valence-electron chi connectivity index (χ3n) is 2.63. The zero-order valence-corrected chi connectivity index (χ0v) is 8.79. The van der Waals surface area contributed by atoms with Gasteiger partial charge in [0.25, 0.3) is 0 Å². The largest absolute Gasteiger partial charge is 0.381 e. The fraction of sp³-hybridized carbons (Fsp3) is 1.00. The van der Waals surface area contributed by atoms with Crippen LogP contribution in [0.2, 0.25) is 0 Å². The summed E-state index contributed by atoms with van der Waals surface area (Å²) in [6.45, 7) is 2.40. The molecule has 0 amide bonds. The maximum absolute atomic E-state index is 8.93. The van der Waals surface area contributed by atoms with Gasteiger partial charge in [-0.1, -0.05) is 0 Å². The van der Waals surface area contributed by atoms with E-state index >= 15 is 0 Å². The third-order valence-corrected chi connectivity index (χ3v) is 6.28. The van der Waals surface area contributed by atoms with Crippen molar-refractivity contribution in [2.75, 3.05) is 31.3 Å². The number of aliphatic hydroxyl groups is 1. The van der Waals surface area contributed by atoms with Crippen molar-refractivity contribution in [1.29, 1.82) is 0 Å². The van der Waals surface area contributed by atoms with Gasteiger partial charge in [0.05, 0.1) is 10.8 Å². The van der Waals surface area contributed by atoms with Gasteiger partial charge in [-0.2, -0.15) is 0 Å². The molecule has 1 spiro atoms. The first kappa shape index (κ1) is 9.19. The highest BCUT2D eigenvalue weighted by Gasteiger charge is 2.38. The first-order valence-corrected chi connectivity index (χ1v) is 6.43. The number of likely N-dealkylation sites (tertiary alicyclic amines) is 1. The minimum atomic E-state index is 0.241. The molecule has 0 aliphatic carbocycles. The molecule has 0 aromatic rings. The van der Waals surface area contributed by atoms with Crippen molar-refractivity contribution in [3.05, 3.63) is 0 Å². The molecule has 0 atom stereocenters. The maximum Gasteiger partial charge on any atom is 0.0956 e. The fourth-order valence-electron chi connectivity index (χ4n) is 1.82. The van der Waals surface area contributed by atoms with Gasteiger partial charge in [0.1, 0.15) is 0 Å². The molecule has 2 aliphatic rings. The summed E-state index contributed by atoms with van der Waals surface area (Å²) in [5.41, 5.74) is 0. The molecule has 4 heteroatoms. The summed E-state index contributed by atoms with van der Waals surface area (Å²) in [5.74, 6) is 2.65. The number of hydrogen-bond donors (Lipinski definition) is 1. The van der Waals surface area contributed by atoms with Crippen LogP contribution in [0, 0.1) is 0 Å². The van der Waals surface area contributed by atoms with Gasteiger partial charge in [-0.25, -0.2) is 0 Å². The number of hydrogen-bond acceptors (Lipinski definition) is 4. The van der Waals surface area contributed by atoms with Crippen LogP contribution in [0.25, 0.3) is 0 Å². The van der Waals surface area contributed by atoms with Crippen LogP contribution >= 0.6 is 23.5 Å². The summed E-state index contributed by atoms with van der Waals surface area (Å²) in [6, 6.07) is 0. The molecule has 0 radical (unpaired) electrons. The van der Waals surface area contributed by atoms with Crippen LogP contribution in [0.3, 0.4) is 0 Å². The number of rotatable bonds is 1. The van der Waals surface area contributed by atoms with Gasteiger partial charge < -0.3 is 5.11 Å². The predicted molar refractivity (Wildman–Crippen MR) is 55.5 cm³/mol. The predicted octanol–water partition coefficient (Wildman–Crippen LogP) is 1.21. The first-order chi connectivity index (χ1) is 5.85. The standard InChI is InChI=1S/C8H15NOS2/c10-7-9-3-1-8(2-4-9)11-5-6-12-8/h10H,1-7H2. The van der Waals surface area contributed by atoms with E-state index in [1.165, 1.54) is 24.3 Å². The van der Waals surface area contributed by atoms with Crippen LogP contribution in [0.15, 0.2) is 0 Å². The minimum absolute atomic E-state index is 0.241. The van der Waals surface area contributed by atoms with E-state index < -0.39 is 0 Å². The Kier molecular flexibility index (Phi) is 2.89. The van der Waals surface area contributed by atoms with E-state index in [9.17, 15) is 0 Å². The van der Waals surface area contributed by atoms with Gasteiger partial charge in [-0.05, 0) is 12.8 Å². The quantitative estimate of drug-likeness (QED) is 0.695. The SMILES string of the molecule is OCN1CCC2(CC1)SCCS2. The molecular formula is C8H15NOS2. The van der Waals surface area contributed by atoms with Crippen LogP contribution < -0.4 is 0 Å². The van der Waals surface area contributed by atoms with Crippen LogP contribution in [-0.2, 0) is 0 Å². The van der Waals surface area contributed by atoms with E-state index in [2.05, 4.69) is 28.4 Å². The summed E-state index contributed by atoms with van der Waals surface area (Å²) in [5, 5.41) is 8.93. The van der Waals surface area contributed by atoms with E-state index in [0.717, 1.165) is 13.1 Å². The van der Waals surface area contributed by atoms with Gasteiger partial charge in [-0.15, -0.1) is 23.5 Å². The third kappa shape index (κ3) is 1.76. The average Bonchev–Trinajstić information content (AvgIpc) is 2.55. The molecule has 0 aromatic heterocycles. The Balaban J connectivity index is 1.88. The van der Waals surface area contributed by atoms with Gasteiger partial charge >= 0.3 is 0 Å². The Morgan fingerprint density at radius 1 is 1.17 bits per heavy atom. The number of piperidine rings is 1. The number of nitrogens with zero attached hydrogens (tertiary/aromatic N) is 1. The van der Waals surface area contributed by atoms with Gasteiger partial charge in [-0.3, -0.25) is 4.90 Å². The summed E-state index contributed by atoms with van der Waals surface area (Å²) in [4.78, 5) is 2.13. The van der Waals surface area contributed by atoms with Gasteiger partial charge in [0.15, 0.2) is 0 Å². The Morgan fingerprint density at radius 2 is 1.75 bits per heavy atom. The lowest BCUT2D eigenvalue weighted by Gasteiger charge is -2.36. The highest BCUT2D eigenvalue weighted by Crippen LogP contribution is 2.50. The molecule has 2 rings (SSSR count). The minimum Gasteiger partial charge on any atom is -0.381 e. The molecule has 0 aromatic carbocycles. The molecule has 0 bridgehead atoms. The van der Waals surface area contributed by atoms with Crippen molar-refractivity contribution in [3.63, 3.8) is 0 Å². The van der Waals surface area contributed by atoms with Crippen LogP contribution in [0.4, 0.5) is 0 Å². The second-order valence-corrected chi connectivity index (χ2v) is 6.58.